The first kappa shape index (κ1) is 12.5. The Hall–Kier alpha value is -1.60. The number of rotatable bonds is 2. The number of nitrogens with one attached hydrogen (secondary N) is 2. The fourth-order valence-electron chi connectivity index (χ4n) is 1.01. The molecule has 90 valence electrons. The van der Waals surface area contributed by atoms with Crippen molar-refractivity contribution in [2.75, 3.05) is 10.6 Å². The van der Waals surface area contributed by atoms with Crippen molar-refractivity contribution in [3.8, 4) is 0 Å². The van der Waals surface area contributed by atoms with Crippen molar-refractivity contribution >= 4 is 11.4 Å². The van der Waals surface area contributed by atoms with Gasteiger partial charge in [-0.2, -0.15) is 26.3 Å². The van der Waals surface area contributed by atoms with Crippen molar-refractivity contribution in [3.63, 3.8) is 0 Å². The van der Waals surface area contributed by atoms with Gasteiger partial charge in [-0.15, -0.1) is 0 Å². The molecule has 0 atom stereocenters. The van der Waals surface area contributed by atoms with E-state index < -0.39 is 24.0 Å². The summed E-state index contributed by atoms with van der Waals surface area (Å²) in [6.45, 7) is 0. The quantitative estimate of drug-likeness (QED) is 0.614. The summed E-state index contributed by atoms with van der Waals surface area (Å²) in [6, 6.07) is 4.16. The van der Waals surface area contributed by atoms with Crippen LogP contribution in [0.3, 0.4) is 0 Å². The Bertz CT molecular complexity index is 321. The highest BCUT2D eigenvalue weighted by atomic mass is 19.4. The zero-order chi connectivity index (χ0) is 12.4. The molecule has 0 fully saturated rings. The van der Waals surface area contributed by atoms with Gasteiger partial charge in [-0.05, 0) is 12.1 Å². The lowest BCUT2D eigenvalue weighted by atomic mass is 10.2. The molecule has 0 aromatic heterocycles. The summed E-state index contributed by atoms with van der Waals surface area (Å²) in [6.07, 6.45) is -9.58. The Morgan fingerprint density at radius 1 is 0.688 bits per heavy atom. The predicted octanol–water partition coefficient (Wildman–Crippen LogP) is 3.55. The monoisotopic (exact) mass is 244 g/mol. The molecule has 0 aliphatic rings. The summed E-state index contributed by atoms with van der Waals surface area (Å²) in [5, 5.41) is 2.02. The standard InChI is InChI=1S/C8H6F6N2/c9-7(10,11)15-5-3-1-2-4-6(5)16-8(12,13)14/h1-4,15-16H. The van der Waals surface area contributed by atoms with E-state index in [9.17, 15) is 26.3 Å². The number of para-hydroxylation sites is 2. The fourth-order valence-corrected chi connectivity index (χ4v) is 1.01. The molecule has 8 heteroatoms. The third-order valence-corrected chi connectivity index (χ3v) is 1.48. The number of halogens is 6. The molecule has 0 aliphatic carbocycles. The average Bonchev–Trinajstić information content (AvgIpc) is 2.03. The topological polar surface area (TPSA) is 24.1 Å². The van der Waals surface area contributed by atoms with Crippen LogP contribution in [0.1, 0.15) is 0 Å². The van der Waals surface area contributed by atoms with Gasteiger partial charge in [0.1, 0.15) is 0 Å². The number of benzene rings is 1. The number of hydrogen-bond acceptors (Lipinski definition) is 2. The second-order valence-electron chi connectivity index (χ2n) is 2.79. The minimum absolute atomic E-state index is 0.688. The van der Waals surface area contributed by atoms with Crippen LogP contribution in [0, 0.1) is 0 Å². The summed E-state index contributed by atoms with van der Waals surface area (Å²) in [4.78, 5) is 0. The Morgan fingerprint density at radius 3 is 1.25 bits per heavy atom. The molecule has 1 aromatic carbocycles. The van der Waals surface area contributed by atoms with Crippen molar-refractivity contribution in [2.45, 2.75) is 12.6 Å². The fraction of sp³-hybridized carbons (Fsp3) is 0.250. The van der Waals surface area contributed by atoms with Crippen molar-refractivity contribution in [2.24, 2.45) is 0 Å². The molecular formula is C8H6F6N2. The van der Waals surface area contributed by atoms with Gasteiger partial charge in [-0.3, -0.25) is 10.6 Å². The molecule has 0 bridgehead atoms. The maximum atomic E-state index is 11.9. The second-order valence-corrected chi connectivity index (χ2v) is 2.79. The van der Waals surface area contributed by atoms with Crippen LogP contribution >= 0.6 is 0 Å². The van der Waals surface area contributed by atoms with Crippen LogP contribution < -0.4 is 10.6 Å². The van der Waals surface area contributed by atoms with E-state index in [-0.39, 0.29) is 0 Å². The SMILES string of the molecule is FC(F)(F)Nc1ccccc1NC(F)(F)F. The molecule has 0 saturated carbocycles. The first-order valence-electron chi connectivity index (χ1n) is 3.96. The lowest BCUT2D eigenvalue weighted by molar-refractivity contribution is -0.103. The van der Waals surface area contributed by atoms with Gasteiger partial charge in [-0.1, -0.05) is 12.1 Å². The van der Waals surface area contributed by atoms with Gasteiger partial charge in [0.15, 0.2) is 0 Å². The normalized spacial score (nSPS) is 12.4. The first-order valence-corrected chi connectivity index (χ1v) is 3.96. The molecule has 0 radical (unpaired) electrons. The number of alkyl halides is 6. The third kappa shape index (κ3) is 4.28. The largest absolute Gasteiger partial charge is 0.482 e. The van der Waals surface area contributed by atoms with E-state index in [4.69, 9.17) is 0 Å². The highest BCUT2D eigenvalue weighted by Crippen LogP contribution is 2.30. The predicted molar refractivity (Wildman–Crippen MR) is 45.8 cm³/mol. The molecule has 0 saturated heterocycles. The van der Waals surface area contributed by atoms with Gasteiger partial charge in [0.05, 0.1) is 11.4 Å². The van der Waals surface area contributed by atoms with Crippen LogP contribution in [0.5, 0.6) is 0 Å². The van der Waals surface area contributed by atoms with Gasteiger partial charge in [0.25, 0.3) is 0 Å². The van der Waals surface area contributed by atoms with Gasteiger partial charge in [-0.25, -0.2) is 0 Å². The zero-order valence-electron chi connectivity index (χ0n) is 7.58. The van der Waals surface area contributed by atoms with Crippen molar-refractivity contribution in [1.29, 1.82) is 0 Å². The minimum atomic E-state index is -4.79. The van der Waals surface area contributed by atoms with Gasteiger partial charge in [0, 0.05) is 0 Å². The van der Waals surface area contributed by atoms with E-state index in [0.29, 0.717) is 0 Å². The van der Waals surface area contributed by atoms with E-state index in [1.165, 1.54) is 12.1 Å². The zero-order valence-corrected chi connectivity index (χ0v) is 7.58. The molecular weight excluding hydrogens is 238 g/mol. The molecule has 2 nitrogen and oxygen atoms in total. The van der Waals surface area contributed by atoms with Gasteiger partial charge in [0.2, 0.25) is 0 Å². The maximum absolute atomic E-state index is 11.9. The number of hydrogen-bond donors (Lipinski definition) is 2. The molecule has 1 aromatic rings. The molecule has 0 aliphatic heterocycles. The van der Waals surface area contributed by atoms with Crippen LogP contribution in [0.2, 0.25) is 0 Å². The minimum Gasteiger partial charge on any atom is -0.295 e. The highest BCUT2D eigenvalue weighted by Gasteiger charge is 2.31. The third-order valence-electron chi connectivity index (χ3n) is 1.48. The average molecular weight is 244 g/mol. The first-order chi connectivity index (χ1) is 7.17. The van der Waals surface area contributed by atoms with Crippen LogP contribution in [-0.2, 0) is 0 Å². The van der Waals surface area contributed by atoms with Crippen molar-refractivity contribution in [1.82, 2.24) is 0 Å². The lowest BCUT2D eigenvalue weighted by Crippen LogP contribution is -2.25. The summed E-state index contributed by atoms with van der Waals surface area (Å²) in [5.41, 5.74) is -1.38. The second kappa shape index (κ2) is 4.11. The van der Waals surface area contributed by atoms with E-state index in [2.05, 4.69) is 0 Å². The van der Waals surface area contributed by atoms with E-state index in [0.717, 1.165) is 22.8 Å². The Morgan fingerprint density at radius 2 is 1.00 bits per heavy atom. The number of anilines is 2. The molecule has 0 amide bonds. The van der Waals surface area contributed by atoms with Crippen molar-refractivity contribution in [3.05, 3.63) is 24.3 Å². The van der Waals surface area contributed by atoms with E-state index in [1.807, 2.05) is 0 Å². The molecule has 16 heavy (non-hydrogen) atoms. The lowest BCUT2D eigenvalue weighted by Gasteiger charge is -2.16. The van der Waals surface area contributed by atoms with Crippen molar-refractivity contribution < 1.29 is 26.3 Å². The molecule has 1 rings (SSSR count). The molecule has 0 unspecified atom stereocenters. The molecule has 0 heterocycles. The Balaban J connectivity index is 2.92. The van der Waals surface area contributed by atoms with Gasteiger partial charge < -0.3 is 0 Å². The van der Waals surface area contributed by atoms with E-state index in [1.54, 1.807) is 0 Å². The Kier molecular flexibility index (Phi) is 3.20. The smallest absolute Gasteiger partial charge is 0.295 e. The van der Waals surface area contributed by atoms with Crippen LogP contribution in [0.4, 0.5) is 37.7 Å². The summed E-state index contributed by atoms with van der Waals surface area (Å²) in [7, 11) is 0. The summed E-state index contributed by atoms with van der Waals surface area (Å²) < 4.78 is 71.6. The van der Waals surface area contributed by atoms with Crippen LogP contribution in [0.25, 0.3) is 0 Å². The van der Waals surface area contributed by atoms with Crippen LogP contribution in [-0.4, -0.2) is 12.6 Å². The van der Waals surface area contributed by atoms with E-state index >= 15 is 0 Å². The Labute approximate surface area is 86.3 Å². The summed E-state index contributed by atoms with van der Waals surface area (Å²) >= 11 is 0. The maximum Gasteiger partial charge on any atom is 0.482 e. The summed E-state index contributed by atoms with van der Waals surface area (Å²) in [5.74, 6) is 0. The van der Waals surface area contributed by atoms with Crippen LogP contribution in [0.15, 0.2) is 24.3 Å². The molecule has 0 spiro atoms. The molecule has 2 N–H and O–H groups in total. The highest BCUT2D eigenvalue weighted by molar-refractivity contribution is 5.69. The van der Waals surface area contributed by atoms with Gasteiger partial charge >= 0.3 is 12.6 Å².